The van der Waals surface area contributed by atoms with E-state index < -0.39 is 0 Å². The van der Waals surface area contributed by atoms with Gasteiger partial charge in [-0.15, -0.1) is 0 Å². The van der Waals surface area contributed by atoms with Gasteiger partial charge >= 0.3 is 6.01 Å². The van der Waals surface area contributed by atoms with Crippen LogP contribution in [0.15, 0.2) is 0 Å². The highest BCUT2D eigenvalue weighted by molar-refractivity contribution is 6.28. The fourth-order valence-corrected chi connectivity index (χ4v) is 1.33. The monoisotopic (exact) mass is 214 g/mol. The van der Waals surface area contributed by atoms with Gasteiger partial charge in [-0.3, -0.25) is 0 Å². The Morgan fingerprint density at radius 1 is 1.43 bits per heavy atom. The van der Waals surface area contributed by atoms with E-state index in [1.54, 1.807) is 0 Å². The van der Waals surface area contributed by atoms with Crippen molar-refractivity contribution in [3.05, 3.63) is 5.28 Å². The van der Waals surface area contributed by atoms with E-state index in [9.17, 15) is 0 Å². The van der Waals surface area contributed by atoms with Crippen molar-refractivity contribution in [1.82, 2.24) is 15.0 Å². The molecule has 2 unspecified atom stereocenters. The predicted molar refractivity (Wildman–Crippen MR) is 52.6 cm³/mol. The molecule has 0 amide bonds. The molecule has 1 heterocycles. The fourth-order valence-electron chi connectivity index (χ4n) is 1.18. The number of hydrogen-bond acceptors (Lipinski definition) is 5. The SMILES string of the molecule is COc1nc(Cl)nc(NC2CC2C)n1. The minimum atomic E-state index is 0.146. The topological polar surface area (TPSA) is 59.9 Å². The molecule has 1 aromatic heterocycles. The zero-order chi connectivity index (χ0) is 10.1. The third-order valence-electron chi connectivity index (χ3n) is 2.19. The Hall–Kier alpha value is -1.10. The normalized spacial score (nSPS) is 24.5. The van der Waals surface area contributed by atoms with Crippen LogP contribution in [0.5, 0.6) is 6.01 Å². The second kappa shape index (κ2) is 3.57. The maximum Gasteiger partial charge on any atom is 0.322 e. The van der Waals surface area contributed by atoms with Crippen LogP contribution in [0.3, 0.4) is 0 Å². The summed E-state index contributed by atoms with van der Waals surface area (Å²) in [6, 6.07) is 0.693. The van der Waals surface area contributed by atoms with E-state index in [1.807, 2.05) is 0 Å². The van der Waals surface area contributed by atoms with E-state index in [0.29, 0.717) is 17.9 Å². The van der Waals surface area contributed by atoms with Gasteiger partial charge in [0.2, 0.25) is 11.2 Å². The van der Waals surface area contributed by atoms with Crippen LogP contribution in [-0.4, -0.2) is 28.1 Å². The molecule has 1 aromatic rings. The van der Waals surface area contributed by atoms with Crippen LogP contribution < -0.4 is 10.1 Å². The largest absolute Gasteiger partial charge is 0.467 e. The number of anilines is 1. The standard InChI is InChI=1S/C8H11ClN4O/c1-4-3-5(4)10-7-11-6(9)12-8(13-7)14-2/h4-5H,3H2,1-2H3,(H,10,11,12,13). The predicted octanol–water partition coefficient (Wildman–Crippen LogP) is 1.35. The number of hydrogen-bond donors (Lipinski definition) is 1. The van der Waals surface area contributed by atoms with Gasteiger partial charge < -0.3 is 10.1 Å². The van der Waals surface area contributed by atoms with Crippen molar-refractivity contribution in [2.75, 3.05) is 12.4 Å². The molecule has 76 valence electrons. The number of aromatic nitrogens is 3. The van der Waals surface area contributed by atoms with Gasteiger partial charge in [-0.25, -0.2) is 0 Å². The molecule has 1 N–H and O–H groups in total. The van der Waals surface area contributed by atoms with E-state index in [0.717, 1.165) is 6.42 Å². The third-order valence-corrected chi connectivity index (χ3v) is 2.36. The lowest BCUT2D eigenvalue weighted by molar-refractivity contribution is 0.379. The first kappa shape index (κ1) is 9.45. The van der Waals surface area contributed by atoms with Crippen molar-refractivity contribution >= 4 is 17.5 Å². The lowest BCUT2D eigenvalue weighted by atomic mass is 10.5. The quantitative estimate of drug-likeness (QED) is 0.823. The lowest BCUT2D eigenvalue weighted by Crippen LogP contribution is -2.09. The molecule has 0 bridgehead atoms. The summed E-state index contributed by atoms with van der Waals surface area (Å²) in [5.41, 5.74) is 0. The molecule has 5 nitrogen and oxygen atoms in total. The van der Waals surface area contributed by atoms with Crippen molar-refractivity contribution in [1.29, 1.82) is 0 Å². The molecular formula is C8H11ClN4O. The van der Waals surface area contributed by atoms with Crippen LogP contribution in [0.1, 0.15) is 13.3 Å². The third kappa shape index (κ3) is 2.04. The van der Waals surface area contributed by atoms with Crippen LogP contribution in [0.2, 0.25) is 5.28 Å². The van der Waals surface area contributed by atoms with Crippen LogP contribution in [0.4, 0.5) is 5.95 Å². The van der Waals surface area contributed by atoms with Gasteiger partial charge in [-0.2, -0.15) is 15.0 Å². The summed E-state index contributed by atoms with van der Waals surface area (Å²) in [4.78, 5) is 11.8. The Bertz CT molecular complexity index is 346. The average molecular weight is 215 g/mol. The summed E-state index contributed by atoms with van der Waals surface area (Å²) < 4.78 is 4.88. The maximum atomic E-state index is 5.69. The first-order valence-corrected chi connectivity index (χ1v) is 4.79. The number of nitrogens with one attached hydrogen (secondary N) is 1. The Labute approximate surface area is 86.9 Å². The van der Waals surface area contributed by atoms with Crippen LogP contribution in [-0.2, 0) is 0 Å². The summed E-state index contributed by atoms with van der Waals surface area (Å²) in [7, 11) is 1.50. The molecule has 0 spiro atoms. The molecule has 0 radical (unpaired) electrons. The highest BCUT2D eigenvalue weighted by Gasteiger charge is 2.33. The van der Waals surface area contributed by atoms with Crippen molar-refractivity contribution in [2.24, 2.45) is 5.92 Å². The first-order valence-electron chi connectivity index (χ1n) is 4.41. The van der Waals surface area contributed by atoms with E-state index in [4.69, 9.17) is 16.3 Å². The van der Waals surface area contributed by atoms with E-state index >= 15 is 0 Å². The van der Waals surface area contributed by atoms with Gasteiger partial charge in [0.1, 0.15) is 0 Å². The Morgan fingerprint density at radius 3 is 2.71 bits per heavy atom. The molecule has 1 fully saturated rings. The summed E-state index contributed by atoms with van der Waals surface area (Å²) in [5, 5.41) is 3.30. The number of halogens is 1. The molecular weight excluding hydrogens is 204 g/mol. The molecule has 1 aliphatic rings. The Morgan fingerprint density at radius 2 is 2.14 bits per heavy atom. The average Bonchev–Trinajstić information content (AvgIpc) is 2.80. The van der Waals surface area contributed by atoms with Gasteiger partial charge in [0.05, 0.1) is 7.11 Å². The van der Waals surface area contributed by atoms with Gasteiger partial charge in [0.15, 0.2) is 0 Å². The number of nitrogens with zero attached hydrogens (tertiary/aromatic N) is 3. The maximum absolute atomic E-state index is 5.69. The highest BCUT2D eigenvalue weighted by atomic mass is 35.5. The van der Waals surface area contributed by atoms with Crippen molar-refractivity contribution < 1.29 is 4.74 Å². The Kier molecular flexibility index (Phi) is 2.41. The van der Waals surface area contributed by atoms with Crippen LogP contribution in [0, 0.1) is 5.92 Å². The fraction of sp³-hybridized carbons (Fsp3) is 0.625. The van der Waals surface area contributed by atoms with E-state index in [2.05, 4.69) is 27.2 Å². The van der Waals surface area contributed by atoms with E-state index in [-0.39, 0.29) is 11.3 Å². The molecule has 2 atom stereocenters. The van der Waals surface area contributed by atoms with Crippen molar-refractivity contribution in [3.8, 4) is 6.01 Å². The van der Waals surface area contributed by atoms with E-state index in [1.165, 1.54) is 7.11 Å². The highest BCUT2D eigenvalue weighted by Crippen LogP contribution is 2.31. The van der Waals surface area contributed by atoms with Crippen LogP contribution in [0.25, 0.3) is 0 Å². The van der Waals surface area contributed by atoms with Crippen molar-refractivity contribution in [3.63, 3.8) is 0 Å². The zero-order valence-electron chi connectivity index (χ0n) is 7.99. The van der Waals surface area contributed by atoms with Crippen LogP contribution >= 0.6 is 11.6 Å². The molecule has 0 aliphatic heterocycles. The molecule has 14 heavy (non-hydrogen) atoms. The molecule has 0 saturated heterocycles. The van der Waals surface area contributed by atoms with Crippen molar-refractivity contribution in [2.45, 2.75) is 19.4 Å². The summed E-state index contributed by atoms with van der Waals surface area (Å²) in [6.45, 7) is 2.16. The summed E-state index contributed by atoms with van der Waals surface area (Å²) in [6.07, 6.45) is 1.14. The summed E-state index contributed by atoms with van der Waals surface area (Å²) in [5.74, 6) is 1.16. The van der Waals surface area contributed by atoms with Gasteiger partial charge in [-0.05, 0) is 23.9 Å². The molecule has 0 aromatic carbocycles. The lowest BCUT2D eigenvalue weighted by Gasteiger charge is -2.04. The van der Waals surface area contributed by atoms with Gasteiger partial charge in [0, 0.05) is 6.04 Å². The minimum Gasteiger partial charge on any atom is -0.467 e. The molecule has 1 saturated carbocycles. The number of rotatable bonds is 3. The second-order valence-electron chi connectivity index (χ2n) is 3.38. The first-order chi connectivity index (χ1) is 6.69. The summed E-state index contributed by atoms with van der Waals surface area (Å²) >= 11 is 5.69. The second-order valence-corrected chi connectivity index (χ2v) is 3.72. The molecule has 2 rings (SSSR count). The number of methoxy groups -OCH3 is 1. The smallest absolute Gasteiger partial charge is 0.322 e. The van der Waals surface area contributed by atoms with Gasteiger partial charge in [0.25, 0.3) is 0 Å². The number of ether oxygens (including phenoxy) is 1. The molecule has 6 heteroatoms. The molecule has 1 aliphatic carbocycles. The Balaban J connectivity index is 2.12. The van der Waals surface area contributed by atoms with Gasteiger partial charge in [-0.1, -0.05) is 6.92 Å². The minimum absolute atomic E-state index is 0.146. The zero-order valence-corrected chi connectivity index (χ0v) is 8.75.